The Balaban J connectivity index is 3.22. The molecular weight excluding hydrogens is 216 g/mol. The summed E-state index contributed by atoms with van der Waals surface area (Å²) >= 11 is 8.44. The topological polar surface area (TPSA) is 41.1 Å². The minimum absolute atomic E-state index is 0.0297. The maximum Gasteiger partial charge on any atom is 0.238 e. The Bertz CT molecular complexity index is 186. The first-order valence-electron chi connectivity index (χ1n) is 4.94. The van der Waals surface area contributed by atoms with Crippen molar-refractivity contribution < 1.29 is 4.79 Å². The molecule has 0 aliphatic carbocycles. The first-order valence-corrected chi connectivity index (χ1v) is 5.80. The maximum absolute atomic E-state index is 11.1. The van der Waals surface area contributed by atoms with Crippen molar-refractivity contribution >= 4 is 35.1 Å². The summed E-state index contributed by atoms with van der Waals surface area (Å²) < 4.78 is 0.282. The molecule has 0 rings (SSSR count). The first-order chi connectivity index (χ1) is 6.66. The molecule has 0 aliphatic heterocycles. The number of amides is 1. The predicted octanol–water partition coefficient (Wildman–Crippen LogP) is 2.18. The van der Waals surface area contributed by atoms with Gasteiger partial charge in [0.15, 0.2) is 0 Å². The van der Waals surface area contributed by atoms with Crippen molar-refractivity contribution in [1.82, 2.24) is 10.9 Å². The van der Waals surface area contributed by atoms with E-state index < -0.39 is 0 Å². The Morgan fingerprint density at radius 1 is 1.21 bits per heavy atom. The standard InChI is InChI=1S/C9H18N2OS2/c1-2-3-4-5-6-7-8(12)10-11-9(13)14/h2-7H2,1H3,(H,10,12)(H2,11,13,14). The molecule has 0 radical (unpaired) electrons. The van der Waals surface area contributed by atoms with E-state index in [-0.39, 0.29) is 10.2 Å². The van der Waals surface area contributed by atoms with Crippen LogP contribution in [0.2, 0.25) is 0 Å². The molecule has 0 saturated heterocycles. The number of hydrazine groups is 1. The lowest BCUT2D eigenvalue weighted by Gasteiger charge is -2.05. The Morgan fingerprint density at radius 3 is 2.43 bits per heavy atom. The van der Waals surface area contributed by atoms with Gasteiger partial charge in [-0.3, -0.25) is 15.6 Å². The molecule has 0 aromatic carbocycles. The van der Waals surface area contributed by atoms with E-state index in [4.69, 9.17) is 0 Å². The average Bonchev–Trinajstić information content (AvgIpc) is 2.14. The van der Waals surface area contributed by atoms with Crippen molar-refractivity contribution in [2.75, 3.05) is 0 Å². The normalized spacial score (nSPS) is 9.57. The Morgan fingerprint density at radius 2 is 1.86 bits per heavy atom. The molecule has 0 bridgehead atoms. The zero-order valence-corrected chi connectivity index (χ0v) is 10.2. The number of hydrogen-bond donors (Lipinski definition) is 3. The Kier molecular flexibility index (Phi) is 9.08. The van der Waals surface area contributed by atoms with Gasteiger partial charge in [0.2, 0.25) is 5.91 Å². The number of carbonyl (C=O) groups excluding carboxylic acids is 1. The minimum Gasteiger partial charge on any atom is -0.283 e. The zero-order chi connectivity index (χ0) is 10.8. The second kappa shape index (κ2) is 9.27. The lowest BCUT2D eigenvalue weighted by molar-refractivity contribution is -0.121. The molecule has 0 atom stereocenters. The van der Waals surface area contributed by atoms with Gasteiger partial charge in [0, 0.05) is 6.42 Å². The molecule has 2 N–H and O–H groups in total. The maximum atomic E-state index is 11.1. The van der Waals surface area contributed by atoms with Crippen LogP contribution in [0.25, 0.3) is 0 Å². The lowest BCUT2D eigenvalue weighted by atomic mass is 10.1. The van der Waals surface area contributed by atoms with Crippen LogP contribution in [-0.2, 0) is 4.79 Å². The Hall–Kier alpha value is -0.290. The van der Waals surface area contributed by atoms with E-state index in [2.05, 4.69) is 42.6 Å². The van der Waals surface area contributed by atoms with Crippen LogP contribution in [0.1, 0.15) is 45.4 Å². The van der Waals surface area contributed by atoms with Crippen molar-refractivity contribution in [3.05, 3.63) is 0 Å². The summed E-state index contributed by atoms with van der Waals surface area (Å²) in [6.45, 7) is 2.17. The fourth-order valence-electron chi connectivity index (χ4n) is 1.07. The lowest BCUT2D eigenvalue weighted by Crippen LogP contribution is -2.38. The average molecular weight is 234 g/mol. The largest absolute Gasteiger partial charge is 0.283 e. The van der Waals surface area contributed by atoms with Gasteiger partial charge in [0.25, 0.3) is 0 Å². The number of thiocarbonyl (C=S) groups is 1. The smallest absolute Gasteiger partial charge is 0.238 e. The van der Waals surface area contributed by atoms with Crippen LogP contribution < -0.4 is 10.9 Å². The van der Waals surface area contributed by atoms with Crippen molar-refractivity contribution in [1.29, 1.82) is 0 Å². The number of thiol groups is 1. The van der Waals surface area contributed by atoms with Gasteiger partial charge < -0.3 is 0 Å². The van der Waals surface area contributed by atoms with Crippen molar-refractivity contribution in [2.45, 2.75) is 45.4 Å². The molecule has 0 saturated carbocycles. The molecule has 14 heavy (non-hydrogen) atoms. The summed E-state index contributed by atoms with van der Waals surface area (Å²) in [4.78, 5) is 11.1. The molecule has 0 aromatic rings. The van der Waals surface area contributed by atoms with E-state index in [0.29, 0.717) is 6.42 Å². The van der Waals surface area contributed by atoms with Gasteiger partial charge in [-0.2, -0.15) is 0 Å². The number of unbranched alkanes of at least 4 members (excludes halogenated alkanes) is 4. The van der Waals surface area contributed by atoms with Crippen LogP contribution in [0, 0.1) is 0 Å². The van der Waals surface area contributed by atoms with E-state index in [0.717, 1.165) is 12.8 Å². The SMILES string of the molecule is CCCCCCCC(=O)NNC(=S)S. The summed E-state index contributed by atoms with van der Waals surface area (Å²) in [6.07, 6.45) is 6.29. The minimum atomic E-state index is -0.0297. The summed E-state index contributed by atoms with van der Waals surface area (Å²) in [5.74, 6) is -0.0297. The zero-order valence-electron chi connectivity index (χ0n) is 8.51. The summed E-state index contributed by atoms with van der Waals surface area (Å²) in [5.41, 5.74) is 4.96. The van der Waals surface area contributed by atoms with Gasteiger partial charge in [-0.25, -0.2) is 0 Å². The van der Waals surface area contributed by atoms with E-state index in [1.165, 1.54) is 19.3 Å². The van der Waals surface area contributed by atoms with Gasteiger partial charge >= 0.3 is 0 Å². The van der Waals surface area contributed by atoms with Crippen molar-refractivity contribution in [3.63, 3.8) is 0 Å². The number of rotatable bonds is 6. The van der Waals surface area contributed by atoms with Gasteiger partial charge in [0.1, 0.15) is 4.32 Å². The fraction of sp³-hybridized carbons (Fsp3) is 0.778. The van der Waals surface area contributed by atoms with Crippen LogP contribution in [0.15, 0.2) is 0 Å². The molecule has 0 aromatic heterocycles. The number of nitrogens with one attached hydrogen (secondary N) is 2. The molecule has 0 aliphatic rings. The molecule has 0 spiro atoms. The predicted molar refractivity (Wildman–Crippen MR) is 66.2 cm³/mol. The third kappa shape index (κ3) is 9.80. The van der Waals surface area contributed by atoms with Crippen LogP contribution in [0.3, 0.4) is 0 Å². The molecule has 0 fully saturated rings. The van der Waals surface area contributed by atoms with Crippen LogP contribution >= 0.6 is 24.8 Å². The van der Waals surface area contributed by atoms with E-state index in [1.54, 1.807) is 0 Å². The quantitative estimate of drug-likeness (QED) is 0.285. The highest BCUT2D eigenvalue weighted by Gasteiger charge is 1.99. The summed E-state index contributed by atoms with van der Waals surface area (Å²) in [7, 11) is 0. The molecule has 3 nitrogen and oxygen atoms in total. The highest BCUT2D eigenvalue weighted by Crippen LogP contribution is 2.04. The molecular formula is C9H18N2OS2. The van der Waals surface area contributed by atoms with Crippen molar-refractivity contribution in [3.8, 4) is 0 Å². The second-order valence-corrected chi connectivity index (χ2v) is 4.30. The summed E-state index contributed by atoms with van der Waals surface area (Å²) in [6, 6.07) is 0. The summed E-state index contributed by atoms with van der Waals surface area (Å²) in [5, 5.41) is 0. The third-order valence-electron chi connectivity index (χ3n) is 1.82. The van der Waals surface area contributed by atoms with Gasteiger partial charge in [0.05, 0.1) is 0 Å². The number of hydrogen-bond acceptors (Lipinski definition) is 2. The van der Waals surface area contributed by atoms with Crippen molar-refractivity contribution in [2.24, 2.45) is 0 Å². The molecule has 82 valence electrons. The van der Waals surface area contributed by atoms with Gasteiger partial charge in [-0.1, -0.05) is 44.8 Å². The van der Waals surface area contributed by atoms with E-state index in [9.17, 15) is 4.79 Å². The molecule has 1 amide bonds. The second-order valence-electron chi connectivity index (χ2n) is 3.14. The van der Waals surface area contributed by atoms with Gasteiger partial charge in [-0.05, 0) is 6.42 Å². The molecule has 5 heteroatoms. The highest BCUT2D eigenvalue weighted by atomic mass is 32.1. The monoisotopic (exact) mass is 234 g/mol. The number of carbonyl (C=O) groups is 1. The Labute approximate surface area is 96.4 Å². The highest BCUT2D eigenvalue weighted by molar-refractivity contribution is 8.11. The fourth-order valence-corrected chi connectivity index (χ4v) is 1.18. The van der Waals surface area contributed by atoms with Gasteiger partial charge in [-0.15, -0.1) is 12.6 Å². The van der Waals surface area contributed by atoms with E-state index >= 15 is 0 Å². The molecule has 0 unspecified atom stereocenters. The molecule has 0 heterocycles. The van der Waals surface area contributed by atoms with E-state index in [1.807, 2.05) is 0 Å². The van der Waals surface area contributed by atoms with Crippen LogP contribution in [-0.4, -0.2) is 10.2 Å². The van der Waals surface area contributed by atoms with Crippen LogP contribution in [0.4, 0.5) is 0 Å². The van der Waals surface area contributed by atoms with Crippen LogP contribution in [0.5, 0.6) is 0 Å². The first kappa shape index (κ1) is 13.7. The third-order valence-corrected chi connectivity index (χ3v) is 2.03.